The molecule has 154 valence electrons. The predicted octanol–water partition coefficient (Wildman–Crippen LogP) is 4.03. The highest BCUT2D eigenvalue weighted by molar-refractivity contribution is 5.78. The number of rotatable bonds is 7. The number of hydrogen-bond donors (Lipinski definition) is 2. The molecule has 30 heavy (non-hydrogen) atoms. The van der Waals surface area contributed by atoms with E-state index in [9.17, 15) is 4.79 Å². The highest BCUT2D eigenvalue weighted by atomic mass is 16.7. The van der Waals surface area contributed by atoms with Crippen LogP contribution in [0.2, 0.25) is 0 Å². The molecule has 5 nitrogen and oxygen atoms in total. The second-order valence-electron chi connectivity index (χ2n) is 7.53. The normalized spacial score (nSPS) is 13.1. The van der Waals surface area contributed by atoms with Gasteiger partial charge >= 0.3 is 0 Å². The summed E-state index contributed by atoms with van der Waals surface area (Å²) in [5, 5.41) is 6.39. The van der Waals surface area contributed by atoms with Gasteiger partial charge in [0.1, 0.15) is 0 Å². The largest absolute Gasteiger partial charge is 0.454 e. The molecule has 0 aromatic heterocycles. The monoisotopic (exact) mass is 402 g/mol. The Morgan fingerprint density at radius 2 is 1.70 bits per heavy atom. The first-order valence-electron chi connectivity index (χ1n) is 10.1. The summed E-state index contributed by atoms with van der Waals surface area (Å²) >= 11 is 0. The van der Waals surface area contributed by atoms with Crippen molar-refractivity contribution in [2.75, 3.05) is 13.3 Å². The molecule has 4 rings (SSSR count). The molecule has 1 atom stereocenters. The molecule has 3 aromatic carbocycles. The topological polar surface area (TPSA) is 59.6 Å². The average Bonchev–Trinajstić information content (AvgIpc) is 3.23. The van der Waals surface area contributed by atoms with E-state index in [0.717, 1.165) is 28.2 Å². The highest BCUT2D eigenvalue weighted by Crippen LogP contribution is 2.32. The first kappa shape index (κ1) is 20.0. The number of aryl methyl sites for hydroxylation is 2. The van der Waals surface area contributed by atoms with Gasteiger partial charge in [-0.25, -0.2) is 0 Å². The molecule has 0 fully saturated rings. The van der Waals surface area contributed by atoms with Gasteiger partial charge in [0.05, 0.1) is 12.6 Å². The van der Waals surface area contributed by atoms with Gasteiger partial charge in [0, 0.05) is 6.54 Å². The number of benzene rings is 3. The Hall–Kier alpha value is -3.31. The summed E-state index contributed by atoms with van der Waals surface area (Å²) in [6, 6.07) is 22.3. The molecule has 0 saturated heterocycles. The van der Waals surface area contributed by atoms with Gasteiger partial charge in [0.2, 0.25) is 12.7 Å². The fourth-order valence-electron chi connectivity index (χ4n) is 3.53. The lowest BCUT2D eigenvalue weighted by molar-refractivity contribution is -0.120. The quantitative estimate of drug-likeness (QED) is 0.627. The first-order valence-corrected chi connectivity index (χ1v) is 10.1. The van der Waals surface area contributed by atoms with E-state index >= 15 is 0 Å². The number of nitrogens with one attached hydrogen (secondary N) is 2. The highest BCUT2D eigenvalue weighted by Gasteiger charge is 2.16. The van der Waals surface area contributed by atoms with Crippen LogP contribution in [0.5, 0.6) is 11.5 Å². The van der Waals surface area contributed by atoms with Crippen molar-refractivity contribution in [1.82, 2.24) is 10.6 Å². The molecule has 0 aliphatic carbocycles. The van der Waals surface area contributed by atoms with Crippen LogP contribution in [0.4, 0.5) is 0 Å². The van der Waals surface area contributed by atoms with Gasteiger partial charge in [-0.2, -0.15) is 0 Å². The number of ether oxygens (including phenoxy) is 2. The maximum Gasteiger partial charge on any atom is 0.234 e. The maximum atomic E-state index is 12.5. The minimum Gasteiger partial charge on any atom is -0.454 e. The van der Waals surface area contributed by atoms with Gasteiger partial charge in [-0.05, 0) is 53.8 Å². The first-order chi connectivity index (χ1) is 14.6. The van der Waals surface area contributed by atoms with Crippen molar-refractivity contribution < 1.29 is 14.3 Å². The van der Waals surface area contributed by atoms with Crippen molar-refractivity contribution in [2.45, 2.75) is 26.4 Å². The summed E-state index contributed by atoms with van der Waals surface area (Å²) in [6.07, 6.45) is 0. The van der Waals surface area contributed by atoms with Crippen molar-refractivity contribution in [3.63, 3.8) is 0 Å². The van der Waals surface area contributed by atoms with E-state index in [0.29, 0.717) is 6.54 Å². The summed E-state index contributed by atoms with van der Waals surface area (Å²) in [5.41, 5.74) is 5.74. The maximum absolute atomic E-state index is 12.5. The fourth-order valence-corrected chi connectivity index (χ4v) is 3.53. The molecule has 0 radical (unpaired) electrons. The minimum absolute atomic E-state index is 0.0539. The average molecular weight is 402 g/mol. The van der Waals surface area contributed by atoms with Crippen molar-refractivity contribution in [2.24, 2.45) is 0 Å². The molecule has 1 aliphatic heterocycles. The zero-order valence-electron chi connectivity index (χ0n) is 17.3. The number of fused-ring (bicyclic) bond motifs is 1. The molecular weight excluding hydrogens is 376 g/mol. The van der Waals surface area contributed by atoms with Crippen LogP contribution in [0.3, 0.4) is 0 Å². The molecule has 1 aliphatic rings. The zero-order chi connectivity index (χ0) is 20.9. The van der Waals surface area contributed by atoms with Gasteiger partial charge in [0.25, 0.3) is 0 Å². The predicted molar refractivity (Wildman–Crippen MR) is 117 cm³/mol. The van der Waals surface area contributed by atoms with Gasteiger partial charge in [0.15, 0.2) is 11.5 Å². The number of amides is 1. The number of hydrogen-bond acceptors (Lipinski definition) is 4. The molecule has 1 heterocycles. The molecule has 0 bridgehead atoms. The second-order valence-corrected chi connectivity index (χ2v) is 7.53. The number of carbonyl (C=O) groups excluding carboxylic acids is 1. The summed E-state index contributed by atoms with van der Waals surface area (Å²) in [4.78, 5) is 12.5. The molecule has 5 heteroatoms. The summed E-state index contributed by atoms with van der Waals surface area (Å²) < 4.78 is 10.7. The van der Waals surface area contributed by atoms with Gasteiger partial charge < -0.3 is 14.8 Å². The lowest BCUT2D eigenvalue weighted by Gasteiger charge is -2.21. The second kappa shape index (κ2) is 9.01. The molecule has 3 aromatic rings. The van der Waals surface area contributed by atoms with Gasteiger partial charge in [-0.15, -0.1) is 0 Å². The summed E-state index contributed by atoms with van der Waals surface area (Å²) in [5.74, 6) is 1.40. The van der Waals surface area contributed by atoms with Crippen LogP contribution in [-0.4, -0.2) is 19.2 Å². The SMILES string of the molecule is Cc1ccc(C(NCC(=O)NCc2ccc3c(c2)OCO3)c2ccccc2)cc1C. The van der Waals surface area contributed by atoms with E-state index < -0.39 is 0 Å². The smallest absolute Gasteiger partial charge is 0.234 e. The van der Waals surface area contributed by atoms with Crippen LogP contribution in [0, 0.1) is 13.8 Å². The minimum atomic E-state index is -0.0579. The molecule has 0 saturated carbocycles. The molecular formula is C25H26N2O3. The van der Waals surface area contributed by atoms with Crippen LogP contribution >= 0.6 is 0 Å². The molecule has 0 spiro atoms. The number of carbonyl (C=O) groups is 1. The standard InChI is InChI=1S/C25H26N2O3/c1-17-8-10-21(12-18(17)2)25(20-6-4-3-5-7-20)27-15-24(28)26-14-19-9-11-22-23(13-19)30-16-29-22/h3-13,25,27H,14-16H2,1-2H3,(H,26,28). The van der Waals surface area contributed by atoms with Crippen LogP contribution in [0.1, 0.15) is 33.9 Å². The van der Waals surface area contributed by atoms with Crippen molar-refractivity contribution in [3.05, 3.63) is 94.5 Å². The Morgan fingerprint density at radius 1 is 0.900 bits per heavy atom. The van der Waals surface area contributed by atoms with Crippen LogP contribution in [-0.2, 0) is 11.3 Å². The van der Waals surface area contributed by atoms with E-state index in [1.807, 2.05) is 36.4 Å². The van der Waals surface area contributed by atoms with Crippen LogP contribution < -0.4 is 20.1 Å². The van der Waals surface area contributed by atoms with Crippen LogP contribution in [0.25, 0.3) is 0 Å². The van der Waals surface area contributed by atoms with E-state index in [1.54, 1.807) is 0 Å². The zero-order valence-corrected chi connectivity index (χ0v) is 17.3. The third-order valence-electron chi connectivity index (χ3n) is 5.39. The van der Waals surface area contributed by atoms with Crippen LogP contribution in [0.15, 0.2) is 66.7 Å². The molecule has 1 amide bonds. The van der Waals surface area contributed by atoms with Gasteiger partial charge in [-0.1, -0.05) is 54.6 Å². The third-order valence-corrected chi connectivity index (χ3v) is 5.39. The van der Waals surface area contributed by atoms with Gasteiger partial charge in [-0.3, -0.25) is 10.1 Å². The van der Waals surface area contributed by atoms with E-state index in [2.05, 4.69) is 54.8 Å². The Kier molecular flexibility index (Phi) is 6.00. The fraction of sp³-hybridized carbons (Fsp3) is 0.240. The summed E-state index contributed by atoms with van der Waals surface area (Å²) in [6.45, 7) is 5.12. The van der Waals surface area contributed by atoms with E-state index in [-0.39, 0.29) is 25.3 Å². The Labute approximate surface area is 177 Å². The third kappa shape index (κ3) is 4.63. The Bertz CT molecular complexity index is 1030. The molecule has 1 unspecified atom stereocenters. The Morgan fingerprint density at radius 3 is 2.50 bits per heavy atom. The van der Waals surface area contributed by atoms with Crippen molar-refractivity contribution in [1.29, 1.82) is 0 Å². The lowest BCUT2D eigenvalue weighted by atomic mass is 9.95. The van der Waals surface area contributed by atoms with E-state index in [1.165, 1.54) is 11.1 Å². The Balaban J connectivity index is 1.40. The van der Waals surface area contributed by atoms with Crippen molar-refractivity contribution in [3.8, 4) is 11.5 Å². The van der Waals surface area contributed by atoms with Crippen molar-refractivity contribution >= 4 is 5.91 Å². The van der Waals surface area contributed by atoms with E-state index in [4.69, 9.17) is 9.47 Å². The molecule has 2 N–H and O–H groups in total. The summed E-state index contributed by atoms with van der Waals surface area (Å²) in [7, 11) is 0. The lowest BCUT2D eigenvalue weighted by Crippen LogP contribution is -2.35.